The average molecular weight is 277 g/mol. The maximum absolute atomic E-state index is 12.0. The molecule has 0 bridgehead atoms. The number of rotatable bonds is 7. The van der Waals surface area contributed by atoms with Gasteiger partial charge < -0.3 is 10.4 Å². The lowest BCUT2D eigenvalue weighted by molar-refractivity contribution is -0.124. The van der Waals surface area contributed by atoms with E-state index in [1.165, 1.54) is 11.1 Å². The summed E-state index contributed by atoms with van der Waals surface area (Å²) in [5, 5.41) is 12.3. The molecule has 0 radical (unpaired) electrons. The van der Waals surface area contributed by atoms with Gasteiger partial charge in [0.2, 0.25) is 5.91 Å². The Hall–Kier alpha value is -1.35. The third-order valence-corrected chi connectivity index (χ3v) is 3.48. The first-order valence-corrected chi connectivity index (χ1v) is 7.39. The first-order valence-electron chi connectivity index (χ1n) is 7.39. The molecule has 3 nitrogen and oxygen atoms in total. The summed E-state index contributed by atoms with van der Waals surface area (Å²) < 4.78 is 0. The standard InChI is InChI=1S/C17H27NO2/c1-12-5-7-16(8-6-12)10-14(3)17(20)18-11-13(2)9-15(4)19/h5-8,13-15,19H,9-11H2,1-4H3,(H,18,20). The minimum absolute atomic E-state index is 0.0311. The first kappa shape index (κ1) is 16.7. The van der Waals surface area contributed by atoms with Gasteiger partial charge in [0.1, 0.15) is 0 Å². The second-order valence-electron chi connectivity index (χ2n) is 6.03. The van der Waals surface area contributed by atoms with Gasteiger partial charge in [0.25, 0.3) is 0 Å². The van der Waals surface area contributed by atoms with Crippen molar-refractivity contribution in [3.63, 3.8) is 0 Å². The van der Waals surface area contributed by atoms with Crippen LogP contribution in [0.2, 0.25) is 0 Å². The van der Waals surface area contributed by atoms with Gasteiger partial charge in [-0.2, -0.15) is 0 Å². The maximum atomic E-state index is 12.0. The van der Waals surface area contributed by atoms with E-state index in [1.54, 1.807) is 6.92 Å². The van der Waals surface area contributed by atoms with Crippen LogP contribution in [0, 0.1) is 18.8 Å². The molecule has 0 saturated carbocycles. The second kappa shape index (κ2) is 8.05. The van der Waals surface area contributed by atoms with E-state index in [9.17, 15) is 9.90 Å². The monoisotopic (exact) mass is 277 g/mol. The molecule has 0 saturated heterocycles. The van der Waals surface area contributed by atoms with Gasteiger partial charge in [0.05, 0.1) is 6.10 Å². The Morgan fingerprint density at radius 1 is 1.20 bits per heavy atom. The van der Waals surface area contributed by atoms with Crippen LogP contribution in [0.4, 0.5) is 0 Å². The van der Waals surface area contributed by atoms with E-state index in [1.807, 2.05) is 13.8 Å². The smallest absolute Gasteiger partial charge is 0.223 e. The van der Waals surface area contributed by atoms with Gasteiger partial charge in [0, 0.05) is 12.5 Å². The molecule has 0 fully saturated rings. The highest BCUT2D eigenvalue weighted by atomic mass is 16.3. The number of amides is 1. The number of aliphatic hydroxyl groups excluding tert-OH is 1. The molecule has 1 amide bonds. The zero-order valence-corrected chi connectivity index (χ0v) is 13.0. The minimum Gasteiger partial charge on any atom is -0.393 e. The van der Waals surface area contributed by atoms with Gasteiger partial charge in [-0.05, 0) is 38.2 Å². The zero-order valence-electron chi connectivity index (χ0n) is 13.0. The van der Waals surface area contributed by atoms with Crippen molar-refractivity contribution in [1.29, 1.82) is 0 Å². The molecule has 0 heterocycles. The number of aliphatic hydroxyl groups is 1. The van der Waals surface area contributed by atoms with Crippen molar-refractivity contribution in [2.45, 2.75) is 46.6 Å². The fourth-order valence-electron chi connectivity index (χ4n) is 2.29. The molecule has 0 aliphatic carbocycles. The Bertz CT molecular complexity index is 412. The molecule has 0 aromatic heterocycles. The van der Waals surface area contributed by atoms with Gasteiger partial charge >= 0.3 is 0 Å². The second-order valence-corrected chi connectivity index (χ2v) is 6.03. The fraction of sp³-hybridized carbons (Fsp3) is 0.588. The van der Waals surface area contributed by atoms with E-state index in [2.05, 4.69) is 36.5 Å². The molecule has 0 aliphatic heterocycles. The van der Waals surface area contributed by atoms with E-state index >= 15 is 0 Å². The Balaban J connectivity index is 2.37. The molecule has 112 valence electrons. The molecule has 3 heteroatoms. The van der Waals surface area contributed by atoms with Crippen LogP contribution in [0.5, 0.6) is 0 Å². The Kier molecular flexibility index (Phi) is 6.73. The van der Waals surface area contributed by atoms with Crippen LogP contribution in [0.15, 0.2) is 24.3 Å². The molecule has 3 atom stereocenters. The summed E-state index contributed by atoms with van der Waals surface area (Å²) >= 11 is 0. The van der Waals surface area contributed by atoms with Crippen LogP contribution in [0.1, 0.15) is 38.3 Å². The summed E-state index contributed by atoms with van der Waals surface area (Å²) in [7, 11) is 0. The number of benzene rings is 1. The Morgan fingerprint density at radius 3 is 2.35 bits per heavy atom. The molecule has 3 unspecified atom stereocenters. The van der Waals surface area contributed by atoms with Crippen LogP contribution >= 0.6 is 0 Å². The number of carbonyl (C=O) groups excluding carboxylic acids is 1. The minimum atomic E-state index is -0.313. The lowest BCUT2D eigenvalue weighted by Gasteiger charge is -2.17. The fourth-order valence-corrected chi connectivity index (χ4v) is 2.29. The molecule has 1 rings (SSSR count). The van der Waals surface area contributed by atoms with Crippen molar-refractivity contribution in [3.8, 4) is 0 Å². The van der Waals surface area contributed by atoms with E-state index < -0.39 is 0 Å². The normalized spacial score (nSPS) is 15.4. The van der Waals surface area contributed by atoms with Gasteiger partial charge in [0.15, 0.2) is 0 Å². The topological polar surface area (TPSA) is 49.3 Å². The van der Waals surface area contributed by atoms with E-state index in [0.29, 0.717) is 18.9 Å². The van der Waals surface area contributed by atoms with E-state index in [0.717, 1.165) is 6.42 Å². The average Bonchev–Trinajstić information content (AvgIpc) is 2.37. The highest BCUT2D eigenvalue weighted by molar-refractivity contribution is 5.78. The molecule has 20 heavy (non-hydrogen) atoms. The van der Waals surface area contributed by atoms with Crippen LogP contribution < -0.4 is 5.32 Å². The summed E-state index contributed by atoms with van der Waals surface area (Å²) in [6.07, 6.45) is 1.16. The summed E-state index contributed by atoms with van der Waals surface area (Å²) in [6, 6.07) is 8.31. The predicted octanol–water partition coefficient (Wildman–Crippen LogP) is 2.70. The summed E-state index contributed by atoms with van der Waals surface area (Å²) in [6.45, 7) is 8.45. The number of nitrogens with one attached hydrogen (secondary N) is 1. The van der Waals surface area contributed by atoms with Gasteiger partial charge in [-0.3, -0.25) is 4.79 Å². The molecule has 1 aromatic carbocycles. The van der Waals surface area contributed by atoms with E-state index in [-0.39, 0.29) is 17.9 Å². The molecule has 0 aliphatic rings. The van der Waals surface area contributed by atoms with E-state index in [4.69, 9.17) is 0 Å². The van der Waals surface area contributed by atoms with Crippen LogP contribution in [-0.4, -0.2) is 23.7 Å². The lowest BCUT2D eigenvalue weighted by Crippen LogP contribution is -2.34. The third-order valence-electron chi connectivity index (χ3n) is 3.48. The van der Waals surface area contributed by atoms with Crippen molar-refractivity contribution < 1.29 is 9.90 Å². The quantitative estimate of drug-likeness (QED) is 0.805. The number of aryl methyl sites for hydroxylation is 1. The van der Waals surface area contributed by atoms with Crippen molar-refractivity contribution in [2.24, 2.45) is 11.8 Å². The maximum Gasteiger partial charge on any atom is 0.223 e. The zero-order chi connectivity index (χ0) is 15.1. The number of hydrogen-bond acceptors (Lipinski definition) is 2. The van der Waals surface area contributed by atoms with Crippen molar-refractivity contribution in [2.75, 3.05) is 6.54 Å². The predicted molar refractivity (Wildman–Crippen MR) is 82.5 cm³/mol. The highest BCUT2D eigenvalue weighted by Gasteiger charge is 2.14. The van der Waals surface area contributed by atoms with Gasteiger partial charge in [-0.15, -0.1) is 0 Å². The Morgan fingerprint density at radius 2 is 1.80 bits per heavy atom. The van der Waals surface area contributed by atoms with Gasteiger partial charge in [-0.1, -0.05) is 43.7 Å². The van der Waals surface area contributed by atoms with Crippen molar-refractivity contribution >= 4 is 5.91 Å². The third kappa shape index (κ3) is 6.20. The molecular formula is C17H27NO2. The van der Waals surface area contributed by atoms with Crippen LogP contribution in [0.25, 0.3) is 0 Å². The van der Waals surface area contributed by atoms with Crippen molar-refractivity contribution in [1.82, 2.24) is 5.32 Å². The highest BCUT2D eigenvalue weighted by Crippen LogP contribution is 2.11. The summed E-state index contributed by atoms with van der Waals surface area (Å²) in [5.41, 5.74) is 2.42. The lowest BCUT2D eigenvalue weighted by atomic mass is 9.99. The number of carbonyl (C=O) groups is 1. The largest absolute Gasteiger partial charge is 0.393 e. The van der Waals surface area contributed by atoms with Crippen LogP contribution in [0.3, 0.4) is 0 Å². The summed E-state index contributed by atoms with van der Waals surface area (Å²) in [4.78, 5) is 12.0. The van der Waals surface area contributed by atoms with Crippen LogP contribution in [-0.2, 0) is 11.2 Å². The number of hydrogen-bond donors (Lipinski definition) is 2. The van der Waals surface area contributed by atoms with Crippen molar-refractivity contribution in [3.05, 3.63) is 35.4 Å². The molecule has 1 aromatic rings. The Labute approximate surface area is 122 Å². The SMILES string of the molecule is Cc1ccc(CC(C)C(=O)NCC(C)CC(C)O)cc1. The van der Waals surface area contributed by atoms with Gasteiger partial charge in [-0.25, -0.2) is 0 Å². The molecule has 2 N–H and O–H groups in total. The summed E-state index contributed by atoms with van der Waals surface area (Å²) in [5.74, 6) is 0.352. The molecule has 0 spiro atoms. The molecular weight excluding hydrogens is 250 g/mol. The first-order chi connectivity index (χ1) is 9.38.